The molecule has 0 unspecified atom stereocenters. The third-order valence-corrected chi connectivity index (χ3v) is 5.41. The van der Waals surface area contributed by atoms with Crippen LogP contribution in [0.15, 0.2) is 83.3 Å². The summed E-state index contributed by atoms with van der Waals surface area (Å²) in [5.74, 6) is 1.44. The quantitative estimate of drug-likeness (QED) is 0.310. The van der Waals surface area contributed by atoms with E-state index in [1.807, 2.05) is 37.3 Å². The first-order valence-corrected chi connectivity index (χ1v) is 11.5. The van der Waals surface area contributed by atoms with E-state index in [-0.39, 0.29) is 18.9 Å². The van der Waals surface area contributed by atoms with Crippen LogP contribution in [0.4, 0.5) is 4.79 Å². The number of hydrogen-bond acceptors (Lipinski definition) is 7. The Morgan fingerprint density at radius 2 is 1.68 bits per heavy atom. The van der Waals surface area contributed by atoms with Crippen LogP contribution in [0.3, 0.4) is 0 Å². The zero-order valence-electron chi connectivity index (χ0n) is 20.4. The summed E-state index contributed by atoms with van der Waals surface area (Å²) in [5, 5.41) is 9.31. The lowest BCUT2D eigenvalue weighted by molar-refractivity contribution is -0.138. The summed E-state index contributed by atoms with van der Waals surface area (Å²) in [7, 11) is 1.53. The van der Waals surface area contributed by atoms with E-state index in [1.165, 1.54) is 7.11 Å². The van der Waals surface area contributed by atoms with Gasteiger partial charge in [0.25, 0.3) is 0 Å². The number of aromatic nitrogens is 1. The van der Waals surface area contributed by atoms with Crippen molar-refractivity contribution in [1.29, 1.82) is 0 Å². The van der Waals surface area contributed by atoms with Crippen molar-refractivity contribution in [2.75, 3.05) is 13.7 Å². The Hall–Kier alpha value is -4.79. The molecule has 4 rings (SSSR count). The number of carbonyl (C=O) groups is 2. The van der Waals surface area contributed by atoms with Gasteiger partial charge in [0.15, 0.2) is 0 Å². The highest BCUT2D eigenvalue weighted by atomic mass is 16.6. The SMILES string of the molecule is COc1ccc(OC(=O)N(CC(=O)O)Cc2cccc(OCc3nc(-c4ccccc4)oc3C)c2)cc1. The Bertz CT molecular complexity index is 1350. The van der Waals surface area contributed by atoms with E-state index in [2.05, 4.69) is 4.98 Å². The molecule has 0 fully saturated rings. The number of ether oxygens (including phenoxy) is 3. The van der Waals surface area contributed by atoms with Gasteiger partial charge in [-0.25, -0.2) is 9.78 Å². The molecule has 0 saturated heterocycles. The number of carbonyl (C=O) groups excluding carboxylic acids is 1. The molecule has 1 amide bonds. The molecule has 4 aromatic rings. The van der Waals surface area contributed by atoms with Crippen LogP contribution in [0.2, 0.25) is 0 Å². The predicted octanol–water partition coefficient (Wildman–Crippen LogP) is 5.32. The van der Waals surface area contributed by atoms with Crippen molar-refractivity contribution in [3.05, 3.63) is 95.9 Å². The van der Waals surface area contributed by atoms with Crippen molar-refractivity contribution in [2.45, 2.75) is 20.1 Å². The van der Waals surface area contributed by atoms with Crippen molar-refractivity contribution < 1.29 is 33.3 Å². The van der Waals surface area contributed by atoms with Crippen LogP contribution in [0.1, 0.15) is 17.0 Å². The molecule has 190 valence electrons. The molecule has 3 aromatic carbocycles. The highest BCUT2D eigenvalue weighted by Crippen LogP contribution is 2.24. The van der Waals surface area contributed by atoms with Gasteiger partial charge in [-0.15, -0.1) is 0 Å². The number of carboxylic acids is 1. The summed E-state index contributed by atoms with van der Waals surface area (Å²) in [6.45, 7) is 1.50. The summed E-state index contributed by atoms with van der Waals surface area (Å²) in [6, 6.07) is 23.1. The summed E-state index contributed by atoms with van der Waals surface area (Å²) >= 11 is 0. The third kappa shape index (κ3) is 6.88. The van der Waals surface area contributed by atoms with Crippen molar-refractivity contribution in [3.63, 3.8) is 0 Å². The van der Waals surface area contributed by atoms with E-state index < -0.39 is 18.6 Å². The van der Waals surface area contributed by atoms with E-state index >= 15 is 0 Å². The Kier molecular flexibility index (Phi) is 8.05. The molecule has 0 radical (unpaired) electrons. The van der Waals surface area contributed by atoms with Crippen LogP contribution in [0.25, 0.3) is 11.5 Å². The number of aryl methyl sites for hydroxylation is 1. The molecule has 9 heteroatoms. The van der Waals surface area contributed by atoms with Gasteiger partial charge in [-0.3, -0.25) is 9.69 Å². The molecular formula is C28H26N2O7. The second-order valence-corrected chi connectivity index (χ2v) is 8.12. The number of rotatable bonds is 10. The maximum atomic E-state index is 12.7. The van der Waals surface area contributed by atoms with E-state index in [9.17, 15) is 14.7 Å². The minimum atomic E-state index is -1.16. The molecule has 0 aliphatic rings. The largest absolute Gasteiger partial charge is 0.497 e. The van der Waals surface area contributed by atoms with E-state index in [0.29, 0.717) is 34.4 Å². The minimum absolute atomic E-state index is 0.0135. The Labute approximate surface area is 213 Å². The van der Waals surface area contributed by atoms with Gasteiger partial charge in [0.2, 0.25) is 5.89 Å². The highest BCUT2D eigenvalue weighted by molar-refractivity contribution is 5.78. The molecule has 1 heterocycles. The van der Waals surface area contributed by atoms with Gasteiger partial charge in [0.05, 0.1) is 7.11 Å². The van der Waals surface area contributed by atoms with Gasteiger partial charge >= 0.3 is 12.1 Å². The monoisotopic (exact) mass is 502 g/mol. The van der Waals surface area contributed by atoms with E-state index in [0.717, 1.165) is 10.5 Å². The lowest BCUT2D eigenvalue weighted by Crippen LogP contribution is -2.37. The van der Waals surface area contributed by atoms with Gasteiger partial charge in [0.1, 0.15) is 41.9 Å². The molecule has 0 bridgehead atoms. The first-order chi connectivity index (χ1) is 17.9. The number of benzene rings is 3. The highest BCUT2D eigenvalue weighted by Gasteiger charge is 2.20. The molecule has 0 atom stereocenters. The van der Waals surface area contributed by atoms with Crippen molar-refractivity contribution in [2.24, 2.45) is 0 Å². The van der Waals surface area contributed by atoms with Crippen molar-refractivity contribution in [3.8, 4) is 28.7 Å². The van der Waals surface area contributed by atoms with Gasteiger partial charge in [-0.05, 0) is 61.0 Å². The summed E-state index contributed by atoms with van der Waals surface area (Å²) < 4.78 is 22.1. The molecule has 9 nitrogen and oxygen atoms in total. The Morgan fingerprint density at radius 1 is 0.946 bits per heavy atom. The maximum absolute atomic E-state index is 12.7. The molecule has 0 aliphatic carbocycles. The average Bonchev–Trinajstić information content (AvgIpc) is 3.28. The Balaban J connectivity index is 1.42. The van der Waals surface area contributed by atoms with E-state index in [4.69, 9.17) is 18.6 Å². The predicted molar refractivity (Wildman–Crippen MR) is 135 cm³/mol. The fourth-order valence-corrected chi connectivity index (χ4v) is 3.53. The third-order valence-electron chi connectivity index (χ3n) is 5.41. The second kappa shape index (κ2) is 11.8. The number of methoxy groups -OCH3 is 1. The summed E-state index contributed by atoms with van der Waals surface area (Å²) in [5.41, 5.74) is 2.21. The summed E-state index contributed by atoms with van der Waals surface area (Å²) in [4.78, 5) is 29.8. The zero-order valence-corrected chi connectivity index (χ0v) is 20.4. The van der Waals surface area contributed by atoms with E-state index in [1.54, 1.807) is 48.5 Å². The number of hydrogen-bond donors (Lipinski definition) is 1. The molecule has 1 aromatic heterocycles. The standard InChI is InChI=1S/C28H26N2O7/c1-19-25(29-27(36-19)21-8-4-3-5-9-21)18-35-24-10-6-7-20(15-24)16-30(17-26(31)32)28(33)37-23-13-11-22(34-2)12-14-23/h3-15H,16-18H2,1-2H3,(H,31,32). The van der Waals surface area contributed by atoms with Gasteiger partial charge in [0, 0.05) is 12.1 Å². The lowest BCUT2D eigenvalue weighted by atomic mass is 10.2. The molecular weight excluding hydrogens is 476 g/mol. The number of nitrogens with zero attached hydrogens (tertiary/aromatic N) is 2. The van der Waals surface area contributed by atoms with Crippen LogP contribution in [-0.2, 0) is 17.9 Å². The molecule has 37 heavy (non-hydrogen) atoms. The van der Waals surface area contributed by atoms with Crippen molar-refractivity contribution >= 4 is 12.1 Å². The molecule has 1 N–H and O–H groups in total. The fourth-order valence-electron chi connectivity index (χ4n) is 3.53. The average molecular weight is 503 g/mol. The maximum Gasteiger partial charge on any atom is 0.416 e. The molecule has 0 spiro atoms. The van der Waals surface area contributed by atoms with Gasteiger partial charge in [-0.2, -0.15) is 0 Å². The number of amides is 1. The van der Waals surface area contributed by atoms with Crippen LogP contribution < -0.4 is 14.2 Å². The first-order valence-electron chi connectivity index (χ1n) is 11.5. The number of aliphatic carboxylic acids is 1. The molecule has 0 aliphatic heterocycles. The smallest absolute Gasteiger partial charge is 0.416 e. The van der Waals surface area contributed by atoms with Gasteiger partial charge < -0.3 is 23.7 Å². The van der Waals surface area contributed by atoms with Crippen LogP contribution in [0.5, 0.6) is 17.2 Å². The number of oxazole rings is 1. The molecule has 0 saturated carbocycles. The van der Waals surface area contributed by atoms with Crippen molar-refractivity contribution in [1.82, 2.24) is 9.88 Å². The summed E-state index contributed by atoms with van der Waals surface area (Å²) in [6.07, 6.45) is -0.787. The normalized spacial score (nSPS) is 10.5. The second-order valence-electron chi connectivity index (χ2n) is 8.12. The van der Waals surface area contributed by atoms with Gasteiger partial charge in [-0.1, -0.05) is 30.3 Å². The lowest BCUT2D eigenvalue weighted by Gasteiger charge is -2.20. The zero-order chi connectivity index (χ0) is 26.2. The Morgan fingerprint density at radius 3 is 2.38 bits per heavy atom. The fraction of sp³-hybridized carbons (Fsp3) is 0.179. The van der Waals surface area contributed by atoms with Crippen LogP contribution in [0, 0.1) is 6.92 Å². The van der Waals surface area contributed by atoms with Crippen LogP contribution in [-0.4, -0.2) is 40.7 Å². The number of carboxylic acid groups (broad SMARTS) is 1. The first kappa shape index (κ1) is 25.3. The van der Waals surface area contributed by atoms with Crippen LogP contribution >= 0.6 is 0 Å². The minimum Gasteiger partial charge on any atom is -0.497 e. The topological polar surface area (TPSA) is 111 Å².